The van der Waals surface area contributed by atoms with Crippen molar-refractivity contribution in [2.24, 2.45) is 0 Å². The molecule has 0 N–H and O–H groups in total. The SMILES string of the molecule is CCCCCN(C)c1ncc(C=O)cn1. The molecule has 1 aromatic rings. The number of carbonyl (C=O) groups is 1. The van der Waals surface area contributed by atoms with Gasteiger partial charge in [-0.2, -0.15) is 0 Å². The minimum atomic E-state index is 0.515. The normalized spacial score (nSPS) is 10.0. The summed E-state index contributed by atoms with van der Waals surface area (Å²) in [7, 11) is 1.96. The van der Waals surface area contributed by atoms with Gasteiger partial charge < -0.3 is 4.90 Å². The summed E-state index contributed by atoms with van der Waals surface area (Å²) in [4.78, 5) is 20.6. The zero-order valence-electron chi connectivity index (χ0n) is 9.31. The molecule has 0 radical (unpaired) electrons. The Morgan fingerprint density at radius 3 is 2.53 bits per heavy atom. The van der Waals surface area contributed by atoms with E-state index in [1.807, 2.05) is 11.9 Å². The molecular weight excluding hydrogens is 190 g/mol. The first-order valence-corrected chi connectivity index (χ1v) is 5.26. The molecular formula is C11H17N3O. The van der Waals surface area contributed by atoms with Gasteiger partial charge in [-0.1, -0.05) is 19.8 Å². The van der Waals surface area contributed by atoms with Crippen molar-refractivity contribution in [3.63, 3.8) is 0 Å². The number of rotatable bonds is 6. The first kappa shape index (κ1) is 11.6. The summed E-state index contributed by atoms with van der Waals surface area (Å²) in [5, 5.41) is 0. The summed E-state index contributed by atoms with van der Waals surface area (Å²) in [6, 6.07) is 0. The highest BCUT2D eigenvalue weighted by Gasteiger charge is 2.02. The van der Waals surface area contributed by atoms with Gasteiger partial charge in [-0.15, -0.1) is 0 Å². The van der Waals surface area contributed by atoms with E-state index in [1.165, 1.54) is 12.8 Å². The minimum Gasteiger partial charge on any atom is -0.344 e. The van der Waals surface area contributed by atoms with Crippen molar-refractivity contribution in [2.75, 3.05) is 18.5 Å². The number of hydrogen-bond acceptors (Lipinski definition) is 4. The quantitative estimate of drug-likeness (QED) is 0.528. The summed E-state index contributed by atoms with van der Waals surface area (Å²) in [5.41, 5.74) is 0.515. The summed E-state index contributed by atoms with van der Waals surface area (Å²) in [5.74, 6) is 0.678. The molecule has 0 saturated carbocycles. The van der Waals surface area contributed by atoms with Crippen LogP contribution in [0.1, 0.15) is 36.5 Å². The smallest absolute Gasteiger partial charge is 0.225 e. The molecule has 1 aromatic heterocycles. The van der Waals surface area contributed by atoms with E-state index < -0.39 is 0 Å². The fourth-order valence-corrected chi connectivity index (χ4v) is 1.29. The van der Waals surface area contributed by atoms with Crippen molar-refractivity contribution < 1.29 is 4.79 Å². The molecule has 0 saturated heterocycles. The molecule has 15 heavy (non-hydrogen) atoms. The van der Waals surface area contributed by atoms with Crippen LogP contribution in [0.5, 0.6) is 0 Å². The lowest BCUT2D eigenvalue weighted by Crippen LogP contribution is -2.20. The molecule has 82 valence electrons. The number of unbranched alkanes of at least 4 members (excludes halogenated alkanes) is 2. The summed E-state index contributed by atoms with van der Waals surface area (Å²) >= 11 is 0. The highest BCUT2D eigenvalue weighted by atomic mass is 16.1. The molecule has 1 rings (SSSR count). The maximum atomic E-state index is 10.4. The molecule has 4 nitrogen and oxygen atoms in total. The van der Waals surface area contributed by atoms with Crippen molar-refractivity contribution in [3.8, 4) is 0 Å². The standard InChI is InChI=1S/C11H17N3O/c1-3-4-5-6-14(2)11-12-7-10(9-15)8-13-11/h7-9H,3-6H2,1-2H3. The van der Waals surface area contributed by atoms with E-state index in [0.717, 1.165) is 19.3 Å². The zero-order valence-corrected chi connectivity index (χ0v) is 9.31. The van der Waals surface area contributed by atoms with Gasteiger partial charge in [0.1, 0.15) is 0 Å². The fourth-order valence-electron chi connectivity index (χ4n) is 1.29. The maximum Gasteiger partial charge on any atom is 0.225 e. The van der Waals surface area contributed by atoms with Crippen LogP contribution in [0.25, 0.3) is 0 Å². The van der Waals surface area contributed by atoms with Gasteiger partial charge in [0.2, 0.25) is 5.95 Å². The van der Waals surface area contributed by atoms with E-state index in [1.54, 1.807) is 12.4 Å². The predicted octanol–water partition coefficient (Wildman–Crippen LogP) is 1.92. The second-order valence-corrected chi connectivity index (χ2v) is 3.56. The van der Waals surface area contributed by atoms with Crippen LogP contribution in [0.3, 0.4) is 0 Å². The zero-order chi connectivity index (χ0) is 11.1. The molecule has 0 aliphatic heterocycles. The Bertz CT molecular complexity index is 297. The van der Waals surface area contributed by atoms with Gasteiger partial charge in [0.05, 0.1) is 5.56 Å². The molecule has 0 spiro atoms. The number of anilines is 1. The van der Waals surface area contributed by atoms with Gasteiger partial charge in [-0.3, -0.25) is 4.79 Å². The Balaban J connectivity index is 2.50. The lowest BCUT2D eigenvalue weighted by molar-refractivity contribution is 0.112. The lowest BCUT2D eigenvalue weighted by atomic mass is 10.2. The number of carbonyl (C=O) groups excluding carboxylic acids is 1. The van der Waals surface area contributed by atoms with E-state index >= 15 is 0 Å². The van der Waals surface area contributed by atoms with Gasteiger partial charge in [0.25, 0.3) is 0 Å². The third-order valence-electron chi connectivity index (χ3n) is 2.23. The van der Waals surface area contributed by atoms with Gasteiger partial charge >= 0.3 is 0 Å². The highest BCUT2D eigenvalue weighted by Crippen LogP contribution is 2.05. The van der Waals surface area contributed by atoms with E-state index in [9.17, 15) is 4.79 Å². The number of nitrogens with zero attached hydrogens (tertiary/aromatic N) is 3. The van der Waals surface area contributed by atoms with E-state index in [4.69, 9.17) is 0 Å². The molecule has 0 atom stereocenters. The molecule has 0 unspecified atom stereocenters. The van der Waals surface area contributed by atoms with Gasteiger partial charge in [-0.25, -0.2) is 9.97 Å². The lowest BCUT2D eigenvalue weighted by Gasteiger charge is -2.16. The van der Waals surface area contributed by atoms with Gasteiger partial charge in [0.15, 0.2) is 6.29 Å². The molecule has 0 aromatic carbocycles. The van der Waals surface area contributed by atoms with Crippen molar-refractivity contribution >= 4 is 12.2 Å². The molecule has 0 aliphatic carbocycles. The van der Waals surface area contributed by atoms with E-state index in [2.05, 4.69) is 16.9 Å². The Kier molecular flexibility index (Phi) is 4.74. The van der Waals surface area contributed by atoms with Crippen LogP contribution in [-0.4, -0.2) is 29.8 Å². The Morgan fingerprint density at radius 2 is 2.00 bits per heavy atom. The molecule has 4 heteroatoms. The first-order valence-electron chi connectivity index (χ1n) is 5.26. The fraction of sp³-hybridized carbons (Fsp3) is 0.545. The molecule has 0 bridgehead atoms. The Morgan fingerprint density at radius 1 is 1.33 bits per heavy atom. The average Bonchev–Trinajstić information content (AvgIpc) is 2.29. The largest absolute Gasteiger partial charge is 0.344 e. The van der Waals surface area contributed by atoms with Crippen LogP contribution in [0, 0.1) is 0 Å². The first-order chi connectivity index (χ1) is 7.27. The van der Waals surface area contributed by atoms with Crippen LogP contribution < -0.4 is 4.90 Å². The molecule has 0 fully saturated rings. The minimum absolute atomic E-state index is 0.515. The van der Waals surface area contributed by atoms with E-state index in [-0.39, 0.29) is 0 Å². The highest BCUT2D eigenvalue weighted by molar-refractivity contribution is 5.73. The molecule has 0 amide bonds. The topological polar surface area (TPSA) is 46.1 Å². The van der Waals surface area contributed by atoms with Crippen molar-refractivity contribution in [3.05, 3.63) is 18.0 Å². The second kappa shape index (κ2) is 6.11. The average molecular weight is 207 g/mol. The van der Waals surface area contributed by atoms with Crippen LogP contribution in [-0.2, 0) is 0 Å². The second-order valence-electron chi connectivity index (χ2n) is 3.56. The van der Waals surface area contributed by atoms with Crippen LogP contribution in [0.2, 0.25) is 0 Å². The number of aldehydes is 1. The third-order valence-corrected chi connectivity index (χ3v) is 2.23. The van der Waals surface area contributed by atoms with E-state index in [0.29, 0.717) is 11.5 Å². The molecule has 0 aliphatic rings. The molecule has 1 heterocycles. The van der Waals surface area contributed by atoms with Crippen molar-refractivity contribution in [1.82, 2.24) is 9.97 Å². The number of hydrogen-bond donors (Lipinski definition) is 0. The third kappa shape index (κ3) is 3.65. The number of aromatic nitrogens is 2. The van der Waals surface area contributed by atoms with Crippen LogP contribution in [0.15, 0.2) is 12.4 Å². The predicted molar refractivity (Wildman–Crippen MR) is 60.2 cm³/mol. The maximum absolute atomic E-state index is 10.4. The summed E-state index contributed by atoms with van der Waals surface area (Å²) in [6.45, 7) is 3.13. The van der Waals surface area contributed by atoms with Gasteiger partial charge in [0, 0.05) is 26.0 Å². The summed E-state index contributed by atoms with van der Waals surface area (Å²) in [6.07, 6.45) is 7.42. The Labute approximate surface area is 90.3 Å². The van der Waals surface area contributed by atoms with Crippen LogP contribution in [0.4, 0.5) is 5.95 Å². The summed E-state index contributed by atoms with van der Waals surface area (Å²) < 4.78 is 0. The van der Waals surface area contributed by atoms with Crippen molar-refractivity contribution in [2.45, 2.75) is 26.2 Å². The Hall–Kier alpha value is -1.45. The monoisotopic (exact) mass is 207 g/mol. The van der Waals surface area contributed by atoms with Crippen LogP contribution >= 0.6 is 0 Å². The van der Waals surface area contributed by atoms with Crippen molar-refractivity contribution in [1.29, 1.82) is 0 Å². The van der Waals surface area contributed by atoms with Gasteiger partial charge in [-0.05, 0) is 6.42 Å².